The van der Waals surface area contributed by atoms with Gasteiger partial charge in [-0.3, -0.25) is 9.69 Å². The van der Waals surface area contributed by atoms with Crippen LogP contribution in [0.15, 0.2) is 19.9 Å². The molecule has 2 rings (SSSR count). The number of hydrogen-bond donors (Lipinski definition) is 1. The second-order valence-corrected chi connectivity index (χ2v) is 8.59. The standard InChI is InChI=1S/C15H15Br2NO3S2/c1-7(2)6-18-14(20)10(23-15(18)22)5-8-4-9(21-3)13(19)12(17)11(8)16/h4-5,7,19H,6H2,1-3H3/b10-5-. The number of amides is 1. The van der Waals surface area contributed by atoms with Crippen molar-refractivity contribution in [3.63, 3.8) is 0 Å². The number of carbonyl (C=O) groups is 1. The molecule has 1 aromatic carbocycles. The molecular formula is C15H15Br2NO3S2. The molecule has 1 fully saturated rings. The van der Waals surface area contributed by atoms with Crippen molar-refractivity contribution < 1.29 is 14.6 Å². The van der Waals surface area contributed by atoms with Crippen molar-refractivity contribution in [2.75, 3.05) is 13.7 Å². The monoisotopic (exact) mass is 479 g/mol. The second kappa shape index (κ2) is 7.55. The molecule has 8 heteroatoms. The van der Waals surface area contributed by atoms with Crippen LogP contribution in [0.4, 0.5) is 0 Å². The molecule has 0 aliphatic carbocycles. The van der Waals surface area contributed by atoms with Gasteiger partial charge in [-0.05, 0) is 55.5 Å². The third-order valence-electron chi connectivity index (χ3n) is 3.10. The molecule has 1 amide bonds. The van der Waals surface area contributed by atoms with Gasteiger partial charge in [-0.15, -0.1) is 0 Å². The van der Waals surface area contributed by atoms with Gasteiger partial charge in [-0.2, -0.15) is 0 Å². The first-order valence-corrected chi connectivity index (χ1v) is 9.57. The number of thiocarbonyl (C=S) groups is 1. The highest BCUT2D eigenvalue weighted by atomic mass is 79.9. The Labute approximate surface area is 161 Å². The fourth-order valence-corrected chi connectivity index (χ4v) is 4.14. The third-order valence-corrected chi connectivity index (χ3v) is 6.64. The van der Waals surface area contributed by atoms with E-state index in [1.165, 1.54) is 18.9 Å². The zero-order valence-corrected chi connectivity index (χ0v) is 17.5. The molecule has 124 valence electrons. The van der Waals surface area contributed by atoms with Crippen LogP contribution in [0.2, 0.25) is 0 Å². The first-order chi connectivity index (χ1) is 10.8. The molecule has 1 N–H and O–H groups in total. The summed E-state index contributed by atoms with van der Waals surface area (Å²) in [5, 5.41) is 9.98. The second-order valence-electron chi connectivity index (χ2n) is 5.33. The maximum Gasteiger partial charge on any atom is 0.266 e. The van der Waals surface area contributed by atoms with E-state index in [4.69, 9.17) is 17.0 Å². The lowest BCUT2D eigenvalue weighted by molar-refractivity contribution is -0.122. The Morgan fingerprint density at radius 2 is 2.09 bits per heavy atom. The Bertz CT molecular complexity index is 704. The summed E-state index contributed by atoms with van der Waals surface area (Å²) in [6.45, 7) is 4.69. The van der Waals surface area contributed by atoms with Gasteiger partial charge in [0.1, 0.15) is 4.32 Å². The smallest absolute Gasteiger partial charge is 0.266 e. The molecule has 1 aromatic rings. The molecule has 1 saturated heterocycles. The van der Waals surface area contributed by atoms with Crippen LogP contribution in [-0.4, -0.2) is 33.9 Å². The van der Waals surface area contributed by atoms with Crippen molar-refractivity contribution in [1.29, 1.82) is 0 Å². The van der Waals surface area contributed by atoms with Gasteiger partial charge >= 0.3 is 0 Å². The van der Waals surface area contributed by atoms with E-state index < -0.39 is 0 Å². The van der Waals surface area contributed by atoms with Crippen LogP contribution in [0.5, 0.6) is 11.5 Å². The quantitative estimate of drug-likeness (QED) is 0.496. The lowest BCUT2D eigenvalue weighted by Gasteiger charge is -2.16. The lowest BCUT2D eigenvalue weighted by Crippen LogP contribution is -2.31. The van der Waals surface area contributed by atoms with E-state index in [-0.39, 0.29) is 11.7 Å². The average molecular weight is 481 g/mol. The van der Waals surface area contributed by atoms with Crippen LogP contribution < -0.4 is 4.74 Å². The predicted molar refractivity (Wildman–Crippen MR) is 105 cm³/mol. The third kappa shape index (κ3) is 3.92. The minimum absolute atomic E-state index is 0.00359. The number of methoxy groups -OCH3 is 1. The van der Waals surface area contributed by atoms with Crippen molar-refractivity contribution in [3.05, 3.63) is 25.5 Å². The first kappa shape index (κ1) is 18.8. The molecule has 23 heavy (non-hydrogen) atoms. The molecule has 4 nitrogen and oxygen atoms in total. The molecule has 0 unspecified atom stereocenters. The molecular weight excluding hydrogens is 466 g/mol. The summed E-state index contributed by atoms with van der Waals surface area (Å²) < 4.78 is 6.83. The van der Waals surface area contributed by atoms with Crippen molar-refractivity contribution in [1.82, 2.24) is 4.90 Å². The van der Waals surface area contributed by atoms with E-state index in [1.54, 1.807) is 17.0 Å². The van der Waals surface area contributed by atoms with Crippen LogP contribution in [0, 0.1) is 5.92 Å². The SMILES string of the molecule is COc1cc(/C=C2\SC(=S)N(CC(C)C)C2=O)c(Br)c(Br)c1O. The fourth-order valence-electron chi connectivity index (χ4n) is 2.04. The Morgan fingerprint density at radius 3 is 2.65 bits per heavy atom. The molecule has 1 aliphatic rings. The highest BCUT2D eigenvalue weighted by Gasteiger charge is 2.32. The normalized spacial score (nSPS) is 16.8. The number of aromatic hydroxyl groups is 1. The number of hydrogen-bond acceptors (Lipinski definition) is 5. The number of rotatable bonds is 4. The van der Waals surface area contributed by atoms with E-state index in [2.05, 4.69) is 31.9 Å². The van der Waals surface area contributed by atoms with Crippen molar-refractivity contribution in [2.24, 2.45) is 5.92 Å². The lowest BCUT2D eigenvalue weighted by atomic mass is 10.1. The Kier molecular flexibility index (Phi) is 6.16. The highest BCUT2D eigenvalue weighted by molar-refractivity contribution is 9.13. The van der Waals surface area contributed by atoms with E-state index in [0.717, 1.165) is 5.56 Å². The molecule has 0 bridgehead atoms. The van der Waals surface area contributed by atoms with Gasteiger partial charge in [-0.1, -0.05) is 37.8 Å². The molecule has 1 aliphatic heterocycles. The van der Waals surface area contributed by atoms with E-state index in [0.29, 0.717) is 36.4 Å². The molecule has 0 aromatic heterocycles. The number of carbonyl (C=O) groups excluding carboxylic acids is 1. The minimum atomic E-state index is -0.0937. The fraction of sp³-hybridized carbons (Fsp3) is 0.333. The summed E-state index contributed by atoms with van der Waals surface area (Å²) in [6, 6.07) is 1.67. The van der Waals surface area contributed by atoms with Crippen molar-refractivity contribution in [3.8, 4) is 11.5 Å². The minimum Gasteiger partial charge on any atom is -0.503 e. The van der Waals surface area contributed by atoms with Gasteiger partial charge in [0, 0.05) is 11.0 Å². The average Bonchev–Trinajstić information content (AvgIpc) is 2.75. The van der Waals surface area contributed by atoms with Crippen molar-refractivity contribution >= 4 is 72.1 Å². The van der Waals surface area contributed by atoms with Gasteiger partial charge in [0.05, 0.1) is 16.5 Å². The Balaban J connectivity index is 2.42. The topological polar surface area (TPSA) is 49.8 Å². The number of phenolic OH excluding ortho intramolecular Hbond substituents is 1. The van der Waals surface area contributed by atoms with Gasteiger partial charge in [0.15, 0.2) is 11.5 Å². The predicted octanol–water partition coefficient (Wildman–Crippen LogP) is 4.78. The Morgan fingerprint density at radius 1 is 1.43 bits per heavy atom. The largest absolute Gasteiger partial charge is 0.503 e. The van der Waals surface area contributed by atoms with E-state index in [1.807, 2.05) is 13.8 Å². The zero-order chi connectivity index (χ0) is 17.3. The summed E-state index contributed by atoms with van der Waals surface area (Å²) >= 11 is 13.3. The zero-order valence-electron chi connectivity index (χ0n) is 12.7. The van der Waals surface area contributed by atoms with Gasteiger partial charge in [0.2, 0.25) is 0 Å². The van der Waals surface area contributed by atoms with E-state index >= 15 is 0 Å². The van der Waals surface area contributed by atoms with Crippen LogP contribution in [0.25, 0.3) is 6.08 Å². The Hall–Kier alpha value is -0.570. The first-order valence-electron chi connectivity index (χ1n) is 6.76. The summed E-state index contributed by atoms with van der Waals surface area (Å²) in [7, 11) is 1.47. The summed E-state index contributed by atoms with van der Waals surface area (Å²) in [4.78, 5) is 14.7. The van der Waals surface area contributed by atoms with Crippen LogP contribution >= 0.6 is 55.8 Å². The number of benzene rings is 1. The highest BCUT2D eigenvalue weighted by Crippen LogP contribution is 2.43. The maximum absolute atomic E-state index is 12.5. The van der Waals surface area contributed by atoms with Gasteiger partial charge in [-0.25, -0.2) is 0 Å². The number of halogens is 2. The summed E-state index contributed by atoms with van der Waals surface area (Å²) in [5.74, 6) is 0.572. The molecule has 0 radical (unpaired) electrons. The molecule has 0 atom stereocenters. The maximum atomic E-state index is 12.5. The number of nitrogens with zero attached hydrogens (tertiary/aromatic N) is 1. The van der Waals surface area contributed by atoms with E-state index in [9.17, 15) is 9.90 Å². The number of ether oxygens (including phenoxy) is 1. The van der Waals surface area contributed by atoms with Crippen LogP contribution in [-0.2, 0) is 4.79 Å². The van der Waals surface area contributed by atoms with Crippen molar-refractivity contribution in [2.45, 2.75) is 13.8 Å². The molecule has 1 heterocycles. The van der Waals surface area contributed by atoms with Gasteiger partial charge < -0.3 is 9.84 Å². The summed E-state index contributed by atoms with van der Waals surface area (Å²) in [6.07, 6.45) is 1.75. The number of thioether (sulfide) groups is 1. The molecule has 0 saturated carbocycles. The van der Waals surface area contributed by atoms with Crippen LogP contribution in [0.1, 0.15) is 19.4 Å². The van der Waals surface area contributed by atoms with Gasteiger partial charge in [0.25, 0.3) is 5.91 Å². The molecule has 0 spiro atoms. The van der Waals surface area contributed by atoms with Crippen LogP contribution in [0.3, 0.4) is 0 Å². The summed E-state index contributed by atoms with van der Waals surface area (Å²) in [5.41, 5.74) is 0.719. The number of phenols is 1.